The molecule has 0 bridgehead atoms. The standard InChI is InChI=1S/C22H25N3O2S/c23-21-25-22(14-28-21,16-6-2-1-3-7-16)17-8-4-5-15(11-17)12-20(27)19-10-9-18(26)13-24-19/h4-5,8-11,13,16,26H,1-3,6-7,12,14H2,(H2,23,25). The molecule has 1 aromatic heterocycles. The van der Waals surface area contributed by atoms with Gasteiger partial charge in [0.1, 0.15) is 17.0 Å². The molecule has 1 aliphatic heterocycles. The lowest BCUT2D eigenvalue weighted by Gasteiger charge is -2.37. The van der Waals surface area contributed by atoms with Crippen LogP contribution in [0, 0.1) is 5.92 Å². The van der Waals surface area contributed by atoms with E-state index in [4.69, 9.17) is 10.7 Å². The minimum absolute atomic E-state index is 0.0576. The van der Waals surface area contributed by atoms with E-state index < -0.39 is 0 Å². The summed E-state index contributed by atoms with van der Waals surface area (Å²) in [5.74, 6) is 1.37. The third kappa shape index (κ3) is 3.78. The molecule has 2 aromatic rings. The van der Waals surface area contributed by atoms with Crippen molar-refractivity contribution in [1.29, 1.82) is 0 Å². The van der Waals surface area contributed by atoms with Gasteiger partial charge >= 0.3 is 0 Å². The van der Waals surface area contributed by atoms with Gasteiger partial charge in [-0.3, -0.25) is 9.79 Å². The van der Waals surface area contributed by atoms with Crippen molar-refractivity contribution < 1.29 is 9.90 Å². The molecule has 0 radical (unpaired) electrons. The van der Waals surface area contributed by atoms with E-state index in [0.29, 0.717) is 16.8 Å². The fourth-order valence-electron chi connectivity index (χ4n) is 4.40. The molecule has 1 aromatic carbocycles. The van der Waals surface area contributed by atoms with E-state index in [-0.39, 0.29) is 23.5 Å². The Balaban J connectivity index is 1.61. The Kier molecular flexibility index (Phi) is 5.40. The fourth-order valence-corrected chi connectivity index (χ4v) is 5.46. The summed E-state index contributed by atoms with van der Waals surface area (Å²) in [6.45, 7) is 0. The number of hydrogen-bond acceptors (Lipinski definition) is 6. The number of nitrogens with zero attached hydrogens (tertiary/aromatic N) is 2. The number of pyridine rings is 1. The maximum Gasteiger partial charge on any atom is 0.185 e. The molecule has 0 spiro atoms. The van der Waals surface area contributed by atoms with Gasteiger partial charge < -0.3 is 10.8 Å². The molecule has 2 heterocycles. The number of aromatic nitrogens is 1. The zero-order valence-corrected chi connectivity index (χ0v) is 16.6. The number of Topliss-reactive ketones (excluding diaryl/α,β-unsaturated/α-hetero) is 1. The van der Waals surface area contributed by atoms with E-state index in [1.165, 1.54) is 44.4 Å². The average molecular weight is 396 g/mol. The maximum absolute atomic E-state index is 12.6. The Labute approximate surface area is 169 Å². The van der Waals surface area contributed by atoms with Gasteiger partial charge in [0.05, 0.1) is 6.20 Å². The first kappa shape index (κ1) is 19.0. The first-order valence-corrected chi connectivity index (χ1v) is 10.8. The molecule has 6 heteroatoms. The van der Waals surface area contributed by atoms with Gasteiger partial charge in [0.15, 0.2) is 11.0 Å². The van der Waals surface area contributed by atoms with Crippen molar-refractivity contribution in [3.05, 3.63) is 59.4 Å². The van der Waals surface area contributed by atoms with Gasteiger partial charge in [0.2, 0.25) is 0 Å². The minimum atomic E-state index is -0.273. The number of amidine groups is 1. The second kappa shape index (κ2) is 7.95. The number of benzene rings is 1. The van der Waals surface area contributed by atoms with Gasteiger partial charge in [0.25, 0.3) is 0 Å². The van der Waals surface area contributed by atoms with Crippen LogP contribution < -0.4 is 5.73 Å². The van der Waals surface area contributed by atoms with Crippen LogP contribution in [-0.2, 0) is 12.0 Å². The molecule has 28 heavy (non-hydrogen) atoms. The van der Waals surface area contributed by atoms with Gasteiger partial charge in [-0.1, -0.05) is 55.3 Å². The number of nitrogens with two attached hydrogens (primary N) is 1. The van der Waals surface area contributed by atoms with Gasteiger partial charge in [-0.05, 0) is 42.0 Å². The van der Waals surface area contributed by atoms with Crippen LogP contribution in [0.2, 0.25) is 0 Å². The molecule has 1 unspecified atom stereocenters. The van der Waals surface area contributed by atoms with E-state index >= 15 is 0 Å². The highest BCUT2D eigenvalue weighted by atomic mass is 32.2. The summed E-state index contributed by atoms with van der Waals surface area (Å²) in [7, 11) is 0. The molecule has 2 aliphatic rings. The molecule has 0 saturated heterocycles. The van der Waals surface area contributed by atoms with Crippen molar-refractivity contribution >= 4 is 22.7 Å². The van der Waals surface area contributed by atoms with Gasteiger partial charge in [-0.15, -0.1) is 0 Å². The Bertz CT molecular complexity index is 891. The Morgan fingerprint density at radius 2 is 2.04 bits per heavy atom. The zero-order chi connectivity index (χ0) is 19.6. The number of aliphatic imine (C=N–C) groups is 1. The first-order chi connectivity index (χ1) is 13.6. The molecule has 146 valence electrons. The summed E-state index contributed by atoms with van der Waals surface area (Å²) in [6.07, 6.45) is 7.73. The quantitative estimate of drug-likeness (QED) is 0.746. The highest BCUT2D eigenvalue weighted by Gasteiger charge is 2.44. The molecule has 5 nitrogen and oxygen atoms in total. The third-order valence-corrected chi connectivity index (χ3v) is 6.83. The van der Waals surface area contributed by atoms with Crippen molar-refractivity contribution in [3.63, 3.8) is 0 Å². The predicted molar refractivity (Wildman–Crippen MR) is 113 cm³/mol. The summed E-state index contributed by atoms with van der Waals surface area (Å²) >= 11 is 1.64. The van der Waals surface area contributed by atoms with Crippen LogP contribution in [0.25, 0.3) is 0 Å². The van der Waals surface area contributed by atoms with E-state index in [0.717, 1.165) is 16.9 Å². The van der Waals surface area contributed by atoms with E-state index in [2.05, 4.69) is 17.1 Å². The zero-order valence-electron chi connectivity index (χ0n) is 15.8. The molecular formula is C22H25N3O2S. The number of carbonyl (C=O) groups is 1. The molecule has 1 saturated carbocycles. The van der Waals surface area contributed by atoms with Crippen LogP contribution >= 0.6 is 11.8 Å². The van der Waals surface area contributed by atoms with Crippen LogP contribution in [0.1, 0.15) is 53.7 Å². The molecule has 1 aliphatic carbocycles. The highest BCUT2D eigenvalue weighted by Crippen LogP contribution is 2.47. The van der Waals surface area contributed by atoms with Gasteiger partial charge in [0, 0.05) is 12.2 Å². The fraction of sp³-hybridized carbons (Fsp3) is 0.409. The van der Waals surface area contributed by atoms with Crippen molar-refractivity contribution in [2.45, 2.75) is 44.1 Å². The summed E-state index contributed by atoms with van der Waals surface area (Å²) in [6, 6.07) is 11.3. The monoisotopic (exact) mass is 395 g/mol. The number of thioether (sulfide) groups is 1. The first-order valence-electron chi connectivity index (χ1n) is 9.82. The Morgan fingerprint density at radius 1 is 1.21 bits per heavy atom. The van der Waals surface area contributed by atoms with Crippen molar-refractivity contribution in [1.82, 2.24) is 4.98 Å². The summed E-state index contributed by atoms with van der Waals surface area (Å²) in [5, 5.41) is 10.0. The lowest BCUT2D eigenvalue weighted by Crippen LogP contribution is -2.35. The molecule has 0 amide bonds. The SMILES string of the molecule is NC1=NC(c2cccc(CC(=O)c3ccc(O)cn3)c2)(C2CCCCC2)CS1. The average Bonchev–Trinajstić information content (AvgIpc) is 3.12. The molecule has 1 fully saturated rings. The lowest BCUT2D eigenvalue weighted by atomic mass is 9.72. The number of rotatable bonds is 5. The van der Waals surface area contributed by atoms with E-state index in [1.54, 1.807) is 17.8 Å². The van der Waals surface area contributed by atoms with Crippen LogP contribution in [-0.4, -0.2) is 26.8 Å². The maximum atomic E-state index is 12.6. The van der Waals surface area contributed by atoms with Crippen LogP contribution in [0.5, 0.6) is 5.75 Å². The Hall–Kier alpha value is -2.34. The van der Waals surface area contributed by atoms with E-state index in [1.807, 2.05) is 12.1 Å². The number of ketones is 1. The molecule has 1 atom stereocenters. The molecular weight excluding hydrogens is 370 g/mol. The van der Waals surface area contributed by atoms with Crippen LogP contribution in [0.15, 0.2) is 47.6 Å². The van der Waals surface area contributed by atoms with E-state index in [9.17, 15) is 9.90 Å². The van der Waals surface area contributed by atoms with Crippen LogP contribution in [0.4, 0.5) is 0 Å². The second-order valence-corrected chi connectivity index (χ2v) is 8.70. The molecule has 3 N–H and O–H groups in total. The summed E-state index contributed by atoms with van der Waals surface area (Å²) in [4.78, 5) is 21.6. The Morgan fingerprint density at radius 3 is 2.71 bits per heavy atom. The van der Waals surface area contributed by atoms with Crippen LogP contribution in [0.3, 0.4) is 0 Å². The largest absolute Gasteiger partial charge is 0.506 e. The predicted octanol–water partition coefficient (Wildman–Crippen LogP) is 4.05. The summed E-state index contributed by atoms with van der Waals surface area (Å²) < 4.78 is 0. The molecule has 4 rings (SSSR count). The van der Waals surface area contributed by atoms with Gasteiger partial charge in [-0.2, -0.15) is 0 Å². The lowest BCUT2D eigenvalue weighted by molar-refractivity contribution is 0.0988. The van der Waals surface area contributed by atoms with Crippen molar-refractivity contribution in [2.24, 2.45) is 16.6 Å². The van der Waals surface area contributed by atoms with Gasteiger partial charge in [-0.25, -0.2) is 4.98 Å². The second-order valence-electron chi connectivity index (χ2n) is 7.70. The van der Waals surface area contributed by atoms with Crippen molar-refractivity contribution in [2.75, 3.05) is 5.75 Å². The number of carbonyl (C=O) groups excluding carboxylic acids is 1. The number of aromatic hydroxyl groups is 1. The third-order valence-electron chi connectivity index (χ3n) is 5.86. The summed E-state index contributed by atoms with van der Waals surface area (Å²) in [5.41, 5.74) is 8.30. The van der Waals surface area contributed by atoms with Crippen molar-refractivity contribution in [3.8, 4) is 5.75 Å². The topological polar surface area (TPSA) is 88.6 Å². The normalized spacial score (nSPS) is 22.8. The number of hydrogen-bond donors (Lipinski definition) is 2. The highest BCUT2D eigenvalue weighted by molar-refractivity contribution is 8.14. The minimum Gasteiger partial charge on any atom is -0.506 e. The smallest absolute Gasteiger partial charge is 0.185 e.